The van der Waals surface area contributed by atoms with E-state index in [1.54, 1.807) is 0 Å². The fourth-order valence-corrected chi connectivity index (χ4v) is 2.29. The zero-order valence-electron chi connectivity index (χ0n) is 10.5. The molecule has 2 aromatic carbocycles. The van der Waals surface area contributed by atoms with E-state index in [4.69, 9.17) is 0 Å². The second-order valence-corrected chi connectivity index (χ2v) is 5.16. The van der Waals surface area contributed by atoms with Gasteiger partial charge in [-0.25, -0.2) is 8.78 Å². The van der Waals surface area contributed by atoms with Gasteiger partial charge in [0, 0.05) is 28.3 Å². The number of hydrogen-bond donors (Lipinski definition) is 1. The minimum absolute atomic E-state index is 0.334. The Bertz CT molecular complexity index is 584. The fraction of sp³-hybridized carbons (Fsp3) is 0.200. The van der Waals surface area contributed by atoms with E-state index in [2.05, 4.69) is 28.2 Å². The molecule has 0 spiro atoms. The summed E-state index contributed by atoms with van der Waals surface area (Å²) in [6.07, 6.45) is 0.883. The summed E-state index contributed by atoms with van der Waals surface area (Å²) >= 11 is 3.42. The Hall–Kier alpha value is -1.42. The van der Waals surface area contributed by atoms with Crippen LogP contribution >= 0.6 is 15.9 Å². The summed E-state index contributed by atoms with van der Waals surface area (Å²) in [6, 6.07) is 9.54. The fourth-order valence-electron chi connectivity index (χ4n) is 1.88. The Balaban J connectivity index is 2.14. The van der Waals surface area contributed by atoms with Gasteiger partial charge >= 0.3 is 0 Å². The van der Waals surface area contributed by atoms with E-state index >= 15 is 0 Å². The second kappa shape index (κ2) is 6.15. The third-order valence-corrected chi connectivity index (χ3v) is 3.43. The first-order valence-corrected chi connectivity index (χ1v) is 6.85. The molecule has 1 nitrogen and oxygen atoms in total. The van der Waals surface area contributed by atoms with Crippen LogP contribution in [0.25, 0.3) is 0 Å². The molecule has 0 saturated carbocycles. The predicted molar refractivity (Wildman–Crippen MR) is 77.2 cm³/mol. The van der Waals surface area contributed by atoms with Gasteiger partial charge in [0.25, 0.3) is 0 Å². The summed E-state index contributed by atoms with van der Waals surface area (Å²) in [5.41, 5.74) is 2.57. The van der Waals surface area contributed by atoms with Gasteiger partial charge in [0.1, 0.15) is 11.6 Å². The molecule has 1 N–H and O–H groups in total. The molecular weight excluding hydrogens is 312 g/mol. The third-order valence-electron chi connectivity index (χ3n) is 2.93. The first-order chi connectivity index (χ1) is 9.10. The van der Waals surface area contributed by atoms with Gasteiger partial charge in [-0.15, -0.1) is 0 Å². The lowest BCUT2D eigenvalue weighted by molar-refractivity contribution is 0.574. The van der Waals surface area contributed by atoms with Crippen LogP contribution in [0.2, 0.25) is 0 Å². The molecular formula is C15H14BrF2N. The lowest BCUT2D eigenvalue weighted by atomic mass is 10.1. The highest BCUT2D eigenvalue weighted by atomic mass is 79.9. The van der Waals surface area contributed by atoms with Gasteiger partial charge in [-0.1, -0.05) is 28.9 Å². The number of rotatable bonds is 4. The van der Waals surface area contributed by atoms with Crippen LogP contribution in [0.1, 0.15) is 18.1 Å². The standard InChI is InChI=1S/C15H14BrF2N/c1-2-10-7-12(16)4-6-15(10)19-9-11-3-5-13(17)8-14(11)18/h3-8,19H,2,9H2,1H3. The van der Waals surface area contributed by atoms with Crippen molar-refractivity contribution in [2.75, 3.05) is 5.32 Å². The maximum absolute atomic E-state index is 13.5. The Morgan fingerprint density at radius 1 is 1.05 bits per heavy atom. The Kier molecular flexibility index (Phi) is 4.53. The van der Waals surface area contributed by atoms with Gasteiger partial charge in [-0.05, 0) is 36.2 Å². The average molecular weight is 326 g/mol. The van der Waals surface area contributed by atoms with Crippen molar-refractivity contribution < 1.29 is 8.78 Å². The molecule has 0 unspecified atom stereocenters. The van der Waals surface area contributed by atoms with E-state index in [1.807, 2.05) is 18.2 Å². The smallest absolute Gasteiger partial charge is 0.131 e. The van der Waals surface area contributed by atoms with Crippen LogP contribution < -0.4 is 5.32 Å². The molecule has 0 aliphatic rings. The predicted octanol–water partition coefficient (Wildman–Crippen LogP) is 4.90. The van der Waals surface area contributed by atoms with E-state index < -0.39 is 11.6 Å². The van der Waals surface area contributed by atoms with Crippen molar-refractivity contribution in [1.82, 2.24) is 0 Å². The Morgan fingerprint density at radius 2 is 1.84 bits per heavy atom. The van der Waals surface area contributed by atoms with Crippen LogP contribution in [0.3, 0.4) is 0 Å². The minimum Gasteiger partial charge on any atom is -0.381 e. The molecule has 0 fully saturated rings. The summed E-state index contributed by atoms with van der Waals surface area (Å²) in [6.45, 7) is 2.40. The summed E-state index contributed by atoms with van der Waals surface area (Å²) in [5, 5.41) is 3.18. The summed E-state index contributed by atoms with van der Waals surface area (Å²) < 4.78 is 27.3. The monoisotopic (exact) mass is 325 g/mol. The van der Waals surface area contributed by atoms with Gasteiger partial charge < -0.3 is 5.32 Å². The van der Waals surface area contributed by atoms with Crippen molar-refractivity contribution in [3.05, 3.63) is 63.6 Å². The van der Waals surface area contributed by atoms with Gasteiger partial charge in [-0.3, -0.25) is 0 Å². The minimum atomic E-state index is -0.556. The number of benzene rings is 2. The topological polar surface area (TPSA) is 12.0 Å². The highest BCUT2D eigenvalue weighted by Crippen LogP contribution is 2.22. The normalized spacial score (nSPS) is 10.5. The van der Waals surface area contributed by atoms with Crippen LogP contribution in [-0.2, 0) is 13.0 Å². The molecule has 0 aromatic heterocycles. The largest absolute Gasteiger partial charge is 0.381 e. The van der Waals surface area contributed by atoms with Crippen molar-refractivity contribution in [2.24, 2.45) is 0 Å². The molecule has 0 amide bonds. The molecule has 2 rings (SSSR count). The van der Waals surface area contributed by atoms with Crippen molar-refractivity contribution in [3.63, 3.8) is 0 Å². The van der Waals surface area contributed by atoms with Crippen molar-refractivity contribution >= 4 is 21.6 Å². The second-order valence-electron chi connectivity index (χ2n) is 4.24. The Morgan fingerprint density at radius 3 is 2.53 bits per heavy atom. The van der Waals surface area contributed by atoms with E-state index in [-0.39, 0.29) is 0 Å². The highest BCUT2D eigenvalue weighted by molar-refractivity contribution is 9.10. The van der Waals surface area contributed by atoms with Crippen LogP contribution in [0, 0.1) is 11.6 Å². The molecule has 0 aliphatic carbocycles. The molecule has 0 atom stereocenters. The average Bonchev–Trinajstić information content (AvgIpc) is 2.39. The Labute approximate surface area is 119 Å². The van der Waals surface area contributed by atoms with Crippen LogP contribution in [0.5, 0.6) is 0 Å². The van der Waals surface area contributed by atoms with Gasteiger partial charge in [-0.2, -0.15) is 0 Å². The lowest BCUT2D eigenvalue weighted by Gasteiger charge is -2.12. The van der Waals surface area contributed by atoms with Crippen LogP contribution in [0.15, 0.2) is 40.9 Å². The number of hydrogen-bond acceptors (Lipinski definition) is 1. The molecule has 0 saturated heterocycles. The number of aryl methyl sites for hydroxylation is 1. The van der Waals surface area contributed by atoms with E-state index in [9.17, 15) is 8.78 Å². The van der Waals surface area contributed by atoms with Crippen LogP contribution in [0.4, 0.5) is 14.5 Å². The molecule has 0 radical (unpaired) electrons. The maximum Gasteiger partial charge on any atom is 0.131 e. The van der Waals surface area contributed by atoms with Crippen molar-refractivity contribution in [2.45, 2.75) is 19.9 Å². The number of nitrogens with one attached hydrogen (secondary N) is 1. The quantitative estimate of drug-likeness (QED) is 0.842. The summed E-state index contributed by atoms with van der Waals surface area (Å²) in [7, 11) is 0. The number of halogens is 3. The van der Waals surface area contributed by atoms with Crippen LogP contribution in [-0.4, -0.2) is 0 Å². The first kappa shape index (κ1) is 14.0. The summed E-state index contributed by atoms with van der Waals surface area (Å²) in [5.74, 6) is -1.08. The van der Waals surface area contributed by atoms with Crippen molar-refractivity contribution in [3.8, 4) is 0 Å². The van der Waals surface area contributed by atoms with E-state index in [0.29, 0.717) is 12.1 Å². The molecule has 100 valence electrons. The third kappa shape index (κ3) is 3.53. The summed E-state index contributed by atoms with van der Waals surface area (Å²) in [4.78, 5) is 0. The van der Waals surface area contributed by atoms with Crippen molar-refractivity contribution in [1.29, 1.82) is 0 Å². The van der Waals surface area contributed by atoms with E-state index in [0.717, 1.165) is 28.2 Å². The molecule has 0 aliphatic heterocycles. The zero-order chi connectivity index (χ0) is 13.8. The number of anilines is 1. The molecule has 0 bridgehead atoms. The van der Waals surface area contributed by atoms with E-state index in [1.165, 1.54) is 12.1 Å². The molecule has 0 heterocycles. The van der Waals surface area contributed by atoms with Gasteiger partial charge in [0.05, 0.1) is 0 Å². The molecule has 4 heteroatoms. The van der Waals surface area contributed by atoms with Gasteiger partial charge in [0.15, 0.2) is 0 Å². The highest BCUT2D eigenvalue weighted by Gasteiger charge is 2.05. The SMILES string of the molecule is CCc1cc(Br)ccc1NCc1ccc(F)cc1F. The molecule has 2 aromatic rings. The zero-order valence-corrected chi connectivity index (χ0v) is 12.1. The first-order valence-electron chi connectivity index (χ1n) is 6.06. The lowest BCUT2D eigenvalue weighted by Crippen LogP contribution is -2.04. The molecule has 19 heavy (non-hydrogen) atoms. The maximum atomic E-state index is 13.5. The van der Waals surface area contributed by atoms with Gasteiger partial charge in [0.2, 0.25) is 0 Å².